The van der Waals surface area contributed by atoms with Gasteiger partial charge in [-0.25, -0.2) is 12.8 Å². The van der Waals surface area contributed by atoms with E-state index in [-0.39, 0.29) is 12.4 Å². The molecule has 6 heteroatoms. The molecule has 4 rings (SSSR count). The maximum absolute atomic E-state index is 13.6. The number of aryl methyl sites for hydroxylation is 1. The first-order chi connectivity index (χ1) is 11.4. The summed E-state index contributed by atoms with van der Waals surface area (Å²) in [7, 11) is -3.55. The van der Waals surface area contributed by atoms with Crippen LogP contribution in [0.1, 0.15) is 16.8 Å². The number of hydrogen-bond donors (Lipinski definition) is 1. The first-order valence-corrected chi connectivity index (χ1v) is 9.25. The Hall–Kier alpha value is -2.18. The van der Waals surface area contributed by atoms with Crippen LogP contribution in [0, 0.1) is 12.7 Å². The van der Waals surface area contributed by atoms with Crippen molar-refractivity contribution in [3.63, 3.8) is 0 Å². The molecule has 4 nitrogen and oxygen atoms in total. The highest BCUT2D eigenvalue weighted by atomic mass is 32.2. The van der Waals surface area contributed by atoms with Crippen LogP contribution in [-0.4, -0.2) is 24.3 Å². The summed E-state index contributed by atoms with van der Waals surface area (Å²) in [6.45, 7) is 2.59. The van der Waals surface area contributed by atoms with Crippen molar-refractivity contribution in [2.75, 3.05) is 6.54 Å². The highest BCUT2D eigenvalue weighted by Crippen LogP contribution is 2.31. The highest BCUT2D eigenvalue weighted by molar-refractivity contribution is 7.89. The van der Waals surface area contributed by atoms with Gasteiger partial charge in [0.05, 0.1) is 4.90 Å². The molecule has 0 atom stereocenters. The van der Waals surface area contributed by atoms with Gasteiger partial charge in [-0.3, -0.25) is 0 Å². The molecule has 0 amide bonds. The Kier molecular flexibility index (Phi) is 3.47. The molecule has 1 aliphatic rings. The molecule has 1 N–H and O–H groups in total. The van der Waals surface area contributed by atoms with Crippen molar-refractivity contribution in [3.8, 4) is 0 Å². The number of halogens is 1. The highest BCUT2D eigenvalue weighted by Gasteiger charge is 2.30. The van der Waals surface area contributed by atoms with Crippen LogP contribution in [0.2, 0.25) is 0 Å². The lowest BCUT2D eigenvalue weighted by Crippen LogP contribution is -2.35. The van der Waals surface area contributed by atoms with Crippen molar-refractivity contribution in [3.05, 3.63) is 65.1 Å². The van der Waals surface area contributed by atoms with E-state index >= 15 is 0 Å². The van der Waals surface area contributed by atoms with Gasteiger partial charge in [0.15, 0.2) is 0 Å². The van der Waals surface area contributed by atoms with Crippen molar-refractivity contribution >= 4 is 20.9 Å². The van der Waals surface area contributed by atoms with Crippen LogP contribution < -0.4 is 0 Å². The Labute approximate surface area is 140 Å². The second-order valence-electron chi connectivity index (χ2n) is 6.17. The van der Waals surface area contributed by atoms with E-state index in [1.54, 1.807) is 30.3 Å². The standard InChI is InChI=1S/C18H17FN2O2S/c1-12-2-5-14(6-3-12)24(22,23)21-9-8-18-16(11-21)15-10-13(19)4-7-17(15)20-18/h2-7,10,20H,8-9,11H2,1H3. The molecule has 0 aliphatic carbocycles. The third kappa shape index (κ3) is 2.42. The SMILES string of the molecule is Cc1ccc(S(=O)(=O)N2CCc3[nH]c4ccc(F)cc4c3C2)cc1. The summed E-state index contributed by atoms with van der Waals surface area (Å²) >= 11 is 0. The zero-order chi connectivity index (χ0) is 16.9. The van der Waals surface area contributed by atoms with Crippen LogP contribution in [0.4, 0.5) is 4.39 Å². The zero-order valence-electron chi connectivity index (χ0n) is 13.2. The van der Waals surface area contributed by atoms with Gasteiger partial charge in [0.1, 0.15) is 5.82 Å². The fraction of sp³-hybridized carbons (Fsp3) is 0.222. The molecular formula is C18H17FN2O2S. The molecule has 1 aliphatic heterocycles. The molecule has 0 spiro atoms. The van der Waals surface area contributed by atoms with Crippen molar-refractivity contribution in [1.29, 1.82) is 0 Å². The van der Waals surface area contributed by atoms with Crippen LogP contribution in [0.15, 0.2) is 47.4 Å². The zero-order valence-corrected chi connectivity index (χ0v) is 14.0. The van der Waals surface area contributed by atoms with Gasteiger partial charge in [-0.2, -0.15) is 4.31 Å². The maximum atomic E-state index is 13.6. The van der Waals surface area contributed by atoms with Gasteiger partial charge in [-0.1, -0.05) is 17.7 Å². The van der Waals surface area contributed by atoms with E-state index in [0.717, 1.165) is 27.7 Å². The van der Waals surface area contributed by atoms with Crippen LogP contribution >= 0.6 is 0 Å². The lowest BCUT2D eigenvalue weighted by molar-refractivity contribution is 0.391. The molecule has 0 saturated carbocycles. The lowest BCUT2D eigenvalue weighted by Gasteiger charge is -2.26. The van der Waals surface area contributed by atoms with Crippen LogP contribution in [0.3, 0.4) is 0 Å². The monoisotopic (exact) mass is 344 g/mol. The van der Waals surface area contributed by atoms with Crippen molar-refractivity contribution in [2.45, 2.75) is 24.8 Å². The predicted octanol–water partition coefficient (Wildman–Crippen LogP) is 3.36. The summed E-state index contributed by atoms with van der Waals surface area (Å²) < 4.78 is 40.8. The molecule has 24 heavy (non-hydrogen) atoms. The van der Waals surface area contributed by atoms with E-state index < -0.39 is 10.0 Å². The topological polar surface area (TPSA) is 53.2 Å². The molecule has 2 heterocycles. The van der Waals surface area contributed by atoms with Crippen molar-refractivity contribution in [2.24, 2.45) is 0 Å². The Morgan fingerprint density at radius 3 is 2.62 bits per heavy atom. The number of fused-ring (bicyclic) bond motifs is 3. The third-order valence-corrected chi connectivity index (χ3v) is 6.42. The second kappa shape index (κ2) is 5.43. The number of aromatic nitrogens is 1. The quantitative estimate of drug-likeness (QED) is 0.775. The smallest absolute Gasteiger partial charge is 0.243 e. The largest absolute Gasteiger partial charge is 0.358 e. The number of nitrogens with zero attached hydrogens (tertiary/aromatic N) is 1. The molecule has 0 fully saturated rings. The number of sulfonamides is 1. The van der Waals surface area contributed by atoms with E-state index in [9.17, 15) is 12.8 Å². The van der Waals surface area contributed by atoms with Crippen molar-refractivity contribution in [1.82, 2.24) is 9.29 Å². The van der Waals surface area contributed by atoms with Gasteiger partial charge in [0.25, 0.3) is 0 Å². The van der Waals surface area contributed by atoms with E-state index in [0.29, 0.717) is 17.9 Å². The van der Waals surface area contributed by atoms with Crippen LogP contribution in [0.5, 0.6) is 0 Å². The van der Waals surface area contributed by atoms with Gasteiger partial charge >= 0.3 is 0 Å². The van der Waals surface area contributed by atoms with Gasteiger partial charge in [0.2, 0.25) is 10.0 Å². The van der Waals surface area contributed by atoms with Gasteiger partial charge in [-0.15, -0.1) is 0 Å². The van der Waals surface area contributed by atoms with Crippen LogP contribution in [0.25, 0.3) is 10.9 Å². The van der Waals surface area contributed by atoms with Gasteiger partial charge < -0.3 is 4.98 Å². The molecule has 0 radical (unpaired) electrons. The van der Waals surface area contributed by atoms with Gasteiger partial charge in [-0.05, 0) is 42.8 Å². The summed E-state index contributed by atoms with van der Waals surface area (Å²) in [5.41, 5.74) is 3.72. The first-order valence-electron chi connectivity index (χ1n) is 7.81. The molecule has 0 unspecified atom stereocenters. The molecule has 1 aromatic heterocycles. The number of H-pyrrole nitrogens is 1. The molecule has 0 saturated heterocycles. The first kappa shape index (κ1) is 15.4. The minimum absolute atomic E-state index is 0.259. The molecule has 124 valence electrons. The van der Waals surface area contributed by atoms with E-state index in [1.165, 1.54) is 16.4 Å². The normalized spacial score (nSPS) is 15.6. The summed E-state index contributed by atoms with van der Waals surface area (Å²) in [6, 6.07) is 11.4. The minimum Gasteiger partial charge on any atom is -0.358 e. The summed E-state index contributed by atoms with van der Waals surface area (Å²) in [6.07, 6.45) is 0.594. The molecule has 3 aromatic rings. The number of rotatable bonds is 2. The Balaban J connectivity index is 1.74. The van der Waals surface area contributed by atoms with E-state index in [2.05, 4.69) is 4.98 Å². The third-order valence-electron chi connectivity index (χ3n) is 4.56. The van der Waals surface area contributed by atoms with E-state index in [1.807, 2.05) is 6.92 Å². The fourth-order valence-corrected chi connectivity index (χ4v) is 4.63. The fourth-order valence-electron chi connectivity index (χ4n) is 3.23. The lowest BCUT2D eigenvalue weighted by atomic mass is 10.1. The van der Waals surface area contributed by atoms with Crippen molar-refractivity contribution < 1.29 is 12.8 Å². The molecular weight excluding hydrogens is 327 g/mol. The van der Waals surface area contributed by atoms with E-state index in [4.69, 9.17) is 0 Å². The Bertz CT molecular complexity index is 1020. The average Bonchev–Trinajstić information content (AvgIpc) is 2.92. The minimum atomic E-state index is -3.55. The Morgan fingerprint density at radius 1 is 1.12 bits per heavy atom. The Morgan fingerprint density at radius 2 is 1.88 bits per heavy atom. The molecule has 2 aromatic carbocycles. The average molecular weight is 344 g/mol. The summed E-state index contributed by atoms with van der Waals surface area (Å²) in [4.78, 5) is 3.57. The number of benzene rings is 2. The summed E-state index contributed by atoms with van der Waals surface area (Å²) in [5.74, 6) is -0.317. The number of hydrogen-bond acceptors (Lipinski definition) is 2. The predicted molar refractivity (Wildman–Crippen MR) is 90.7 cm³/mol. The van der Waals surface area contributed by atoms with Gasteiger partial charge in [0, 0.05) is 36.1 Å². The molecule has 0 bridgehead atoms. The number of aromatic amines is 1. The summed E-state index contributed by atoms with van der Waals surface area (Å²) in [5, 5.41) is 0.758. The second-order valence-corrected chi connectivity index (χ2v) is 8.11. The number of nitrogens with one attached hydrogen (secondary N) is 1. The van der Waals surface area contributed by atoms with Crippen LogP contribution in [-0.2, 0) is 23.0 Å². The maximum Gasteiger partial charge on any atom is 0.243 e.